The third kappa shape index (κ3) is 16.7. The van der Waals surface area contributed by atoms with Gasteiger partial charge in [0.05, 0.1) is 32.2 Å². The van der Waals surface area contributed by atoms with Crippen LogP contribution in [0.5, 0.6) is 0 Å². The summed E-state index contributed by atoms with van der Waals surface area (Å²) in [6.45, 7) is 8.81. The van der Waals surface area contributed by atoms with Crippen LogP contribution in [-0.4, -0.2) is 159 Å². The van der Waals surface area contributed by atoms with Crippen LogP contribution in [-0.2, 0) is 47.9 Å². The number of carboxylic acid groups (broad SMARTS) is 2. The van der Waals surface area contributed by atoms with Crippen LogP contribution in [0.25, 0.3) is 0 Å². The van der Waals surface area contributed by atoms with E-state index < -0.39 is 146 Å². The van der Waals surface area contributed by atoms with Crippen molar-refractivity contribution in [3.05, 3.63) is 0 Å². The van der Waals surface area contributed by atoms with Gasteiger partial charge in [0.1, 0.15) is 42.3 Å². The maximum Gasteiger partial charge on any atom is 0.326 e. The molecule has 0 aromatic carbocycles. The molecule has 60 heavy (non-hydrogen) atoms. The first-order valence-electron chi connectivity index (χ1n) is 19.8. The zero-order chi connectivity index (χ0) is 46.0. The van der Waals surface area contributed by atoms with Gasteiger partial charge < -0.3 is 68.3 Å². The van der Waals surface area contributed by atoms with E-state index in [-0.39, 0.29) is 25.3 Å². The van der Waals surface area contributed by atoms with Gasteiger partial charge in [0.15, 0.2) is 0 Å². The minimum absolute atomic E-state index is 0.0208. The molecule has 23 heteroatoms. The van der Waals surface area contributed by atoms with Crippen molar-refractivity contribution in [1.82, 2.24) is 42.1 Å². The molecule has 0 saturated carbocycles. The van der Waals surface area contributed by atoms with Crippen molar-refractivity contribution < 1.29 is 68.4 Å². The van der Waals surface area contributed by atoms with Crippen molar-refractivity contribution in [2.45, 2.75) is 129 Å². The first kappa shape index (κ1) is 52.6. The van der Waals surface area contributed by atoms with Crippen LogP contribution in [0.2, 0.25) is 0 Å². The Morgan fingerprint density at radius 1 is 0.683 bits per heavy atom. The molecule has 0 aromatic rings. The summed E-state index contributed by atoms with van der Waals surface area (Å²) >= 11 is 0. The van der Waals surface area contributed by atoms with Crippen molar-refractivity contribution >= 4 is 59.2 Å². The Hall–Kier alpha value is -5.42. The molecule has 1 saturated heterocycles. The lowest BCUT2D eigenvalue weighted by Gasteiger charge is -2.30. The maximum atomic E-state index is 13.4. The van der Waals surface area contributed by atoms with Gasteiger partial charge in [-0.15, -0.1) is 0 Å². The van der Waals surface area contributed by atoms with Crippen LogP contribution in [0.4, 0.5) is 0 Å². The number of nitrogens with two attached hydrogens (primary N) is 1. The van der Waals surface area contributed by atoms with Gasteiger partial charge in [0, 0.05) is 6.54 Å². The van der Waals surface area contributed by atoms with E-state index in [2.05, 4.69) is 37.2 Å². The van der Waals surface area contributed by atoms with Gasteiger partial charge in [0.2, 0.25) is 47.3 Å². The van der Waals surface area contributed by atoms with E-state index in [1.54, 1.807) is 27.7 Å². The highest BCUT2D eigenvalue weighted by molar-refractivity contribution is 5.98. The van der Waals surface area contributed by atoms with Gasteiger partial charge in [-0.25, -0.2) is 4.79 Å². The van der Waals surface area contributed by atoms with Crippen molar-refractivity contribution in [1.29, 1.82) is 0 Å². The summed E-state index contributed by atoms with van der Waals surface area (Å²) in [6, 6.07) is -10.8. The Morgan fingerprint density at radius 3 is 1.75 bits per heavy atom. The smallest absolute Gasteiger partial charge is 0.326 e. The van der Waals surface area contributed by atoms with Crippen LogP contribution in [0.1, 0.15) is 80.6 Å². The molecule has 1 aliphatic rings. The summed E-state index contributed by atoms with van der Waals surface area (Å²) in [5.41, 5.74) is 5.64. The second-order valence-electron chi connectivity index (χ2n) is 15.5. The molecule has 0 aromatic heterocycles. The van der Waals surface area contributed by atoms with Crippen molar-refractivity contribution in [3.63, 3.8) is 0 Å². The van der Waals surface area contributed by atoms with Crippen LogP contribution >= 0.6 is 0 Å². The molecule has 0 radical (unpaired) electrons. The normalized spacial score (nSPS) is 17.7. The highest BCUT2D eigenvalue weighted by Gasteiger charge is 2.40. The number of amides is 8. The SMILES string of the molecule is CC[C@H](C)[C@H](NC(=O)[C@H](CC(C)C)NC(=O)[C@H](C)N)C(=O)N[C@@H](CO)C(=O)NCC(=O)N[C@@H](CC(=O)O)C(=O)N[C@@H](CO)C(=O)N1CCC[C@H]1C(=O)N[C@H](C(=O)O)C(C)C. The number of aliphatic carboxylic acids is 2. The van der Waals surface area contributed by atoms with Crippen LogP contribution in [0.3, 0.4) is 0 Å². The van der Waals surface area contributed by atoms with Crippen molar-refractivity contribution in [2.24, 2.45) is 23.5 Å². The average Bonchev–Trinajstić information content (AvgIpc) is 3.67. The first-order valence-corrected chi connectivity index (χ1v) is 19.8. The summed E-state index contributed by atoms with van der Waals surface area (Å²) in [7, 11) is 0. The van der Waals surface area contributed by atoms with E-state index in [0.29, 0.717) is 12.8 Å². The molecule has 1 fully saturated rings. The molecule has 0 aliphatic carbocycles. The largest absolute Gasteiger partial charge is 0.481 e. The summed E-state index contributed by atoms with van der Waals surface area (Å²) in [4.78, 5) is 129. The Kier molecular flexibility index (Phi) is 22.1. The Bertz CT molecular complexity index is 1560. The summed E-state index contributed by atoms with van der Waals surface area (Å²) in [5, 5.41) is 55.1. The Morgan fingerprint density at radius 2 is 1.25 bits per heavy atom. The number of likely N-dealkylation sites (tertiary alicyclic amines) is 1. The third-order valence-electron chi connectivity index (χ3n) is 9.68. The lowest BCUT2D eigenvalue weighted by molar-refractivity contribution is -0.146. The van der Waals surface area contributed by atoms with E-state index in [1.807, 2.05) is 13.8 Å². The van der Waals surface area contributed by atoms with Crippen molar-refractivity contribution in [2.75, 3.05) is 26.3 Å². The fourth-order valence-electron chi connectivity index (χ4n) is 6.06. The zero-order valence-corrected chi connectivity index (χ0v) is 35.1. The van der Waals surface area contributed by atoms with Crippen LogP contribution in [0.15, 0.2) is 0 Å². The zero-order valence-electron chi connectivity index (χ0n) is 35.1. The highest BCUT2D eigenvalue weighted by atomic mass is 16.4. The number of carboxylic acids is 2. The first-order chi connectivity index (χ1) is 28.0. The maximum absolute atomic E-state index is 13.4. The predicted octanol–water partition coefficient (Wildman–Crippen LogP) is -4.36. The van der Waals surface area contributed by atoms with Gasteiger partial charge in [0.25, 0.3) is 0 Å². The van der Waals surface area contributed by atoms with Gasteiger partial charge >= 0.3 is 11.9 Å². The standard InChI is InChI=1S/C37H63N9O14/c1-8-19(6)29(45-33(55)21(12-17(2)3)41-30(52)20(7)38)35(57)42-23(15-47)31(53)39-14-26(49)40-22(13-27(50)51)32(54)43-24(16-48)36(58)46-11-9-10-25(46)34(56)44-28(18(4)5)37(59)60/h17-25,28-29,47-48H,8-16,38H2,1-7H3,(H,39,53)(H,40,49)(H,41,52)(H,42,57)(H,43,54)(H,44,56)(H,45,55)(H,50,51)(H,59,60)/t19-,20-,21-,22-,23-,24-,25-,28-,29-/m0/s1. The predicted molar refractivity (Wildman–Crippen MR) is 211 cm³/mol. The van der Waals surface area contributed by atoms with Gasteiger partial charge in [-0.05, 0) is 43.9 Å². The molecule has 1 heterocycles. The van der Waals surface area contributed by atoms with E-state index in [4.69, 9.17) is 5.73 Å². The quantitative estimate of drug-likeness (QED) is 0.0413. The van der Waals surface area contributed by atoms with E-state index in [0.717, 1.165) is 4.90 Å². The monoisotopic (exact) mass is 857 g/mol. The average molecular weight is 858 g/mol. The Balaban J connectivity index is 3.01. The van der Waals surface area contributed by atoms with Crippen LogP contribution < -0.4 is 43.0 Å². The number of hydrogen-bond acceptors (Lipinski definition) is 13. The van der Waals surface area contributed by atoms with Gasteiger partial charge in [-0.2, -0.15) is 0 Å². The molecule has 0 unspecified atom stereocenters. The Labute approximate surface area is 348 Å². The molecule has 0 bridgehead atoms. The minimum Gasteiger partial charge on any atom is -0.481 e. The van der Waals surface area contributed by atoms with Gasteiger partial charge in [-0.3, -0.25) is 43.2 Å². The molecule has 23 nitrogen and oxygen atoms in total. The highest BCUT2D eigenvalue weighted by Crippen LogP contribution is 2.20. The number of hydrogen-bond donors (Lipinski definition) is 12. The van der Waals surface area contributed by atoms with Crippen molar-refractivity contribution in [3.8, 4) is 0 Å². The van der Waals surface area contributed by atoms with E-state index in [1.165, 1.54) is 6.92 Å². The molecular weight excluding hydrogens is 794 g/mol. The molecule has 340 valence electrons. The van der Waals surface area contributed by atoms with Crippen LogP contribution in [0, 0.1) is 17.8 Å². The second kappa shape index (κ2) is 25.3. The summed E-state index contributed by atoms with van der Waals surface area (Å²) in [6.07, 6.45) is 0.0832. The topological polar surface area (TPSA) is 365 Å². The number of rotatable bonds is 25. The molecule has 9 atom stereocenters. The summed E-state index contributed by atoms with van der Waals surface area (Å²) in [5.74, 6) is -11.1. The molecule has 8 amide bonds. The third-order valence-corrected chi connectivity index (χ3v) is 9.68. The molecule has 1 rings (SSSR count). The number of carbonyl (C=O) groups is 10. The number of nitrogens with one attached hydrogen (secondary N) is 7. The van der Waals surface area contributed by atoms with E-state index >= 15 is 0 Å². The second-order valence-corrected chi connectivity index (χ2v) is 15.5. The number of nitrogens with zero attached hydrogens (tertiary/aromatic N) is 1. The number of aliphatic hydroxyl groups is 2. The van der Waals surface area contributed by atoms with Gasteiger partial charge in [-0.1, -0.05) is 48.0 Å². The molecule has 13 N–H and O–H groups in total. The molecule has 0 spiro atoms. The fourth-order valence-corrected chi connectivity index (χ4v) is 6.06. The number of aliphatic hydroxyl groups excluding tert-OH is 2. The number of carbonyl (C=O) groups excluding carboxylic acids is 8. The molecule has 1 aliphatic heterocycles. The lowest BCUT2D eigenvalue weighted by Crippen LogP contribution is -2.60. The summed E-state index contributed by atoms with van der Waals surface area (Å²) < 4.78 is 0. The minimum atomic E-state index is -1.85. The lowest BCUT2D eigenvalue weighted by atomic mass is 9.96. The fraction of sp³-hybridized carbons (Fsp3) is 0.730. The molecular formula is C37H63N9O14. The van der Waals surface area contributed by atoms with E-state index in [9.17, 15) is 68.4 Å².